The minimum atomic E-state index is -0.553. The molecule has 0 aromatic rings. The highest BCUT2D eigenvalue weighted by Gasteiger charge is 2.35. The van der Waals surface area contributed by atoms with Gasteiger partial charge in [-0.1, -0.05) is 0 Å². The second-order valence-corrected chi connectivity index (χ2v) is 4.47. The van der Waals surface area contributed by atoms with Gasteiger partial charge in [-0.25, -0.2) is 4.79 Å². The normalized spacial score (nSPS) is 26.8. The minimum absolute atomic E-state index is 0.384. The quantitative estimate of drug-likeness (QED) is 0.526. The van der Waals surface area contributed by atoms with Gasteiger partial charge in [0.25, 0.3) is 0 Å². The highest BCUT2D eigenvalue weighted by Crippen LogP contribution is 2.29. The molecule has 0 radical (unpaired) electrons. The van der Waals surface area contributed by atoms with E-state index >= 15 is 0 Å². The molecule has 12 heavy (non-hydrogen) atoms. The maximum Gasteiger partial charge on any atom is 0.509 e. The largest absolute Gasteiger partial charge is 0.509 e. The SMILES string of the molecule is CC1(C)CCC(C)(C)OC(=O)O1. The summed E-state index contributed by atoms with van der Waals surface area (Å²) in [5.41, 5.74) is -0.768. The van der Waals surface area contributed by atoms with Crippen LogP contribution < -0.4 is 0 Å². The van der Waals surface area contributed by atoms with Crippen molar-refractivity contribution in [3.05, 3.63) is 0 Å². The first kappa shape index (κ1) is 9.36. The van der Waals surface area contributed by atoms with Crippen LogP contribution >= 0.6 is 0 Å². The Morgan fingerprint density at radius 2 is 1.33 bits per heavy atom. The summed E-state index contributed by atoms with van der Waals surface area (Å²) in [6.07, 6.45) is 1.12. The molecule has 0 aliphatic carbocycles. The topological polar surface area (TPSA) is 35.5 Å². The van der Waals surface area contributed by atoms with Crippen molar-refractivity contribution in [1.29, 1.82) is 0 Å². The van der Waals surface area contributed by atoms with Crippen LogP contribution in [0.25, 0.3) is 0 Å². The van der Waals surface area contributed by atoms with Crippen LogP contribution in [0.2, 0.25) is 0 Å². The predicted molar refractivity (Wildman–Crippen MR) is 45.0 cm³/mol. The van der Waals surface area contributed by atoms with Gasteiger partial charge >= 0.3 is 6.16 Å². The first-order chi connectivity index (χ1) is 5.31. The zero-order chi connectivity index (χ0) is 9.41. The molecule has 1 aliphatic rings. The maximum absolute atomic E-state index is 11.1. The van der Waals surface area contributed by atoms with Crippen molar-refractivity contribution in [3.63, 3.8) is 0 Å². The highest BCUT2D eigenvalue weighted by molar-refractivity contribution is 5.61. The molecular formula is C9H16O3. The fourth-order valence-corrected chi connectivity index (χ4v) is 1.18. The average Bonchev–Trinajstić information content (AvgIpc) is 1.87. The van der Waals surface area contributed by atoms with E-state index in [1.165, 1.54) is 0 Å². The van der Waals surface area contributed by atoms with Crippen LogP contribution in [-0.4, -0.2) is 17.4 Å². The van der Waals surface area contributed by atoms with Gasteiger partial charge in [-0.2, -0.15) is 0 Å². The first-order valence-corrected chi connectivity index (χ1v) is 4.23. The van der Waals surface area contributed by atoms with Crippen molar-refractivity contribution in [3.8, 4) is 0 Å². The van der Waals surface area contributed by atoms with Gasteiger partial charge in [0.1, 0.15) is 11.2 Å². The average molecular weight is 172 g/mol. The summed E-state index contributed by atoms with van der Waals surface area (Å²) in [5, 5.41) is 0. The number of rotatable bonds is 0. The Morgan fingerprint density at radius 3 is 1.67 bits per heavy atom. The molecule has 0 unspecified atom stereocenters. The van der Waals surface area contributed by atoms with E-state index in [1.54, 1.807) is 0 Å². The van der Waals surface area contributed by atoms with Crippen molar-refractivity contribution >= 4 is 6.16 Å². The lowest BCUT2D eigenvalue weighted by Gasteiger charge is -2.20. The van der Waals surface area contributed by atoms with Gasteiger partial charge in [0, 0.05) is 0 Å². The molecule has 3 nitrogen and oxygen atoms in total. The molecule has 1 saturated heterocycles. The molecule has 0 amide bonds. The second kappa shape index (κ2) is 2.64. The van der Waals surface area contributed by atoms with Crippen molar-refractivity contribution in [2.45, 2.75) is 51.7 Å². The summed E-state index contributed by atoms with van der Waals surface area (Å²) in [5.74, 6) is 0. The predicted octanol–water partition coefficient (Wildman–Crippen LogP) is 2.49. The molecule has 0 N–H and O–H groups in total. The van der Waals surface area contributed by atoms with Crippen LogP contribution in [0.3, 0.4) is 0 Å². The fourth-order valence-electron chi connectivity index (χ4n) is 1.18. The molecule has 0 bridgehead atoms. The maximum atomic E-state index is 11.1. The molecule has 70 valence electrons. The van der Waals surface area contributed by atoms with E-state index in [0.717, 1.165) is 12.8 Å². The lowest BCUT2D eigenvalue weighted by molar-refractivity contribution is -0.0266. The molecule has 1 rings (SSSR count). The minimum Gasteiger partial charge on any atom is -0.428 e. The summed E-state index contributed by atoms with van der Waals surface area (Å²) in [4.78, 5) is 11.1. The van der Waals surface area contributed by atoms with Crippen LogP contribution in [0.1, 0.15) is 40.5 Å². The molecular weight excluding hydrogens is 156 g/mol. The van der Waals surface area contributed by atoms with Crippen molar-refractivity contribution in [1.82, 2.24) is 0 Å². The number of hydrogen-bond acceptors (Lipinski definition) is 3. The van der Waals surface area contributed by atoms with E-state index in [9.17, 15) is 4.79 Å². The third-order valence-electron chi connectivity index (χ3n) is 2.05. The molecule has 1 fully saturated rings. The second-order valence-electron chi connectivity index (χ2n) is 4.47. The summed E-state index contributed by atoms with van der Waals surface area (Å²) < 4.78 is 10.1. The molecule has 0 spiro atoms. The molecule has 0 atom stereocenters. The molecule has 0 saturated carbocycles. The number of cyclic esters (lactones) is 2. The van der Waals surface area contributed by atoms with Crippen molar-refractivity contribution in [2.24, 2.45) is 0 Å². The molecule has 3 heteroatoms. The lowest BCUT2D eigenvalue weighted by Crippen LogP contribution is -2.26. The Kier molecular flexibility index (Phi) is 2.06. The Labute approximate surface area is 73.0 Å². The third kappa shape index (κ3) is 2.40. The van der Waals surface area contributed by atoms with E-state index in [2.05, 4.69) is 0 Å². The Bertz CT molecular complexity index is 174. The van der Waals surface area contributed by atoms with Gasteiger partial charge in [0.2, 0.25) is 0 Å². The summed E-state index contributed by atoms with van der Waals surface area (Å²) in [6.45, 7) is 7.59. The standard InChI is InChI=1S/C9H16O3/c1-8(2)5-6-9(3,4)12-7(10)11-8/h5-6H2,1-4H3. The van der Waals surface area contributed by atoms with Crippen LogP contribution in [0.5, 0.6) is 0 Å². The monoisotopic (exact) mass is 172 g/mol. The Hall–Kier alpha value is -0.730. The lowest BCUT2D eigenvalue weighted by atomic mass is 9.94. The zero-order valence-corrected chi connectivity index (χ0v) is 8.14. The van der Waals surface area contributed by atoms with Gasteiger partial charge in [0.05, 0.1) is 0 Å². The molecule has 0 aromatic heterocycles. The highest BCUT2D eigenvalue weighted by atomic mass is 16.7. The van der Waals surface area contributed by atoms with Gasteiger partial charge in [-0.15, -0.1) is 0 Å². The smallest absolute Gasteiger partial charge is 0.428 e. The summed E-state index contributed by atoms with van der Waals surface area (Å²) in [6, 6.07) is 0. The Balaban J connectivity index is 2.72. The summed E-state index contributed by atoms with van der Waals surface area (Å²) in [7, 11) is 0. The van der Waals surface area contributed by atoms with Crippen LogP contribution in [0.4, 0.5) is 4.79 Å². The Morgan fingerprint density at radius 1 is 1.00 bits per heavy atom. The fraction of sp³-hybridized carbons (Fsp3) is 0.889. The third-order valence-corrected chi connectivity index (χ3v) is 2.05. The number of ether oxygens (including phenoxy) is 2. The van der Waals surface area contributed by atoms with E-state index in [-0.39, 0.29) is 11.2 Å². The van der Waals surface area contributed by atoms with Gasteiger partial charge in [-0.05, 0) is 40.5 Å². The summed E-state index contributed by atoms with van der Waals surface area (Å²) >= 11 is 0. The molecule has 1 aliphatic heterocycles. The van der Waals surface area contributed by atoms with E-state index < -0.39 is 6.16 Å². The van der Waals surface area contributed by atoms with Crippen LogP contribution in [0, 0.1) is 0 Å². The van der Waals surface area contributed by atoms with Gasteiger partial charge in [-0.3, -0.25) is 0 Å². The number of carbonyl (C=O) groups is 1. The zero-order valence-electron chi connectivity index (χ0n) is 8.14. The molecule has 1 heterocycles. The number of hydrogen-bond donors (Lipinski definition) is 0. The first-order valence-electron chi connectivity index (χ1n) is 4.23. The van der Waals surface area contributed by atoms with E-state index in [0.29, 0.717) is 0 Å². The van der Waals surface area contributed by atoms with Gasteiger partial charge in [0.15, 0.2) is 0 Å². The number of carbonyl (C=O) groups excluding carboxylic acids is 1. The molecule has 0 aromatic carbocycles. The van der Waals surface area contributed by atoms with Crippen LogP contribution in [-0.2, 0) is 9.47 Å². The van der Waals surface area contributed by atoms with Gasteiger partial charge < -0.3 is 9.47 Å². The van der Waals surface area contributed by atoms with Crippen LogP contribution in [0.15, 0.2) is 0 Å². The van der Waals surface area contributed by atoms with E-state index in [4.69, 9.17) is 9.47 Å². The van der Waals surface area contributed by atoms with E-state index in [1.807, 2.05) is 27.7 Å². The van der Waals surface area contributed by atoms with Crippen molar-refractivity contribution < 1.29 is 14.3 Å². The van der Waals surface area contributed by atoms with Crippen molar-refractivity contribution in [2.75, 3.05) is 0 Å².